The van der Waals surface area contributed by atoms with Gasteiger partial charge in [-0.3, -0.25) is 0 Å². The lowest BCUT2D eigenvalue weighted by Gasteiger charge is -2.24. The molecule has 1 heterocycles. The van der Waals surface area contributed by atoms with Crippen LogP contribution in [0.15, 0.2) is 52.3 Å². The minimum Gasteiger partial charge on any atom is -0.371 e. The minimum absolute atomic E-state index is 0.193. The third kappa shape index (κ3) is 3.49. The molecule has 1 fully saturated rings. The maximum atomic E-state index is 5.79. The largest absolute Gasteiger partial charge is 0.371 e. The minimum atomic E-state index is 0.193. The van der Waals surface area contributed by atoms with Gasteiger partial charge in [0.05, 0.1) is 12.7 Å². The number of rotatable bonds is 3. The Balaban J connectivity index is 1.75. The zero-order valence-electron chi connectivity index (χ0n) is 12.6. The third-order valence-corrected chi connectivity index (χ3v) is 5.16. The maximum absolute atomic E-state index is 5.79. The van der Waals surface area contributed by atoms with Crippen LogP contribution in [0.5, 0.6) is 0 Å². The molecule has 1 atom stereocenters. The molecule has 0 radical (unpaired) electrons. The molecule has 1 aliphatic heterocycles. The summed E-state index contributed by atoms with van der Waals surface area (Å²) >= 11 is 1.84. The van der Waals surface area contributed by atoms with Crippen molar-refractivity contribution in [1.82, 2.24) is 5.32 Å². The van der Waals surface area contributed by atoms with Crippen LogP contribution in [0.2, 0.25) is 0 Å². The van der Waals surface area contributed by atoms with Crippen LogP contribution in [0.1, 0.15) is 22.8 Å². The fourth-order valence-corrected chi connectivity index (χ4v) is 3.57. The lowest BCUT2D eigenvalue weighted by atomic mass is 10.1. The molecule has 110 valence electrons. The van der Waals surface area contributed by atoms with Crippen molar-refractivity contribution in [2.24, 2.45) is 0 Å². The highest BCUT2D eigenvalue weighted by molar-refractivity contribution is 7.99. The van der Waals surface area contributed by atoms with Gasteiger partial charge in [0, 0.05) is 22.9 Å². The maximum Gasteiger partial charge on any atom is 0.0949 e. The molecule has 2 aromatic carbocycles. The molecule has 1 aliphatic rings. The van der Waals surface area contributed by atoms with E-state index in [4.69, 9.17) is 4.74 Å². The Bertz CT molecular complexity index is 583. The average Bonchev–Trinajstić information content (AvgIpc) is 2.53. The van der Waals surface area contributed by atoms with Crippen LogP contribution in [-0.2, 0) is 4.74 Å². The molecule has 3 heteroatoms. The highest BCUT2D eigenvalue weighted by Gasteiger charge is 2.15. The molecule has 0 bridgehead atoms. The lowest BCUT2D eigenvalue weighted by molar-refractivity contribution is 0.0277. The fourth-order valence-electron chi connectivity index (χ4n) is 2.61. The Kier molecular flexibility index (Phi) is 4.63. The van der Waals surface area contributed by atoms with E-state index in [1.807, 2.05) is 11.8 Å². The van der Waals surface area contributed by atoms with E-state index in [2.05, 4.69) is 61.6 Å². The summed E-state index contributed by atoms with van der Waals surface area (Å²) < 4.78 is 5.79. The molecule has 0 saturated carbocycles. The molecule has 3 rings (SSSR count). The molecular formula is C18H21NOS. The highest BCUT2D eigenvalue weighted by atomic mass is 32.2. The van der Waals surface area contributed by atoms with Crippen molar-refractivity contribution in [3.05, 3.63) is 59.2 Å². The second kappa shape index (κ2) is 6.65. The van der Waals surface area contributed by atoms with E-state index < -0.39 is 0 Å². The van der Waals surface area contributed by atoms with Crippen molar-refractivity contribution in [2.45, 2.75) is 29.7 Å². The number of ether oxygens (including phenoxy) is 1. The summed E-state index contributed by atoms with van der Waals surface area (Å²) in [4.78, 5) is 2.64. The fraction of sp³-hybridized carbons (Fsp3) is 0.333. The first-order valence-electron chi connectivity index (χ1n) is 7.40. The van der Waals surface area contributed by atoms with Crippen LogP contribution < -0.4 is 5.32 Å². The van der Waals surface area contributed by atoms with E-state index in [9.17, 15) is 0 Å². The van der Waals surface area contributed by atoms with Gasteiger partial charge in [-0.1, -0.05) is 42.1 Å². The van der Waals surface area contributed by atoms with Crippen molar-refractivity contribution in [3.63, 3.8) is 0 Å². The van der Waals surface area contributed by atoms with E-state index in [0.717, 1.165) is 19.7 Å². The van der Waals surface area contributed by atoms with Crippen LogP contribution in [-0.4, -0.2) is 19.7 Å². The second-order valence-electron chi connectivity index (χ2n) is 5.46. The Morgan fingerprint density at radius 3 is 2.38 bits per heavy atom. The third-order valence-electron chi connectivity index (χ3n) is 3.81. The predicted octanol–water partition coefficient (Wildman–Crippen LogP) is 4.12. The van der Waals surface area contributed by atoms with Gasteiger partial charge in [-0.05, 0) is 42.7 Å². The summed E-state index contributed by atoms with van der Waals surface area (Å²) in [6.07, 6.45) is 0.193. The zero-order chi connectivity index (χ0) is 14.7. The first kappa shape index (κ1) is 14.6. The molecule has 1 unspecified atom stereocenters. The lowest BCUT2D eigenvalue weighted by Crippen LogP contribution is -2.33. The van der Waals surface area contributed by atoms with Gasteiger partial charge >= 0.3 is 0 Å². The van der Waals surface area contributed by atoms with Gasteiger partial charge in [0.25, 0.3) is 0 Å². The SMILES string of the molecule is Cc1cccc(C)c1Sc1ccc(C2CNCCO2)cc1. The topological polar surface area (TPSA) is 21.3 Å². The average molecular weight is 299 g/mol. The Morgan fingerprint density at radius 1 is 1.05 bits per heavy atom. The number of hydrogen-bond acceptors (Lipinski definition) is 3. The molecule has 2 nitrogen and oxygen atoms in total. The monoisotopic (exact) mass is 299 g/mol. The van der Waals surface area contributed by atoms with Gasteiger partial charge < -0.3 is 10.1 Å². The highest BCUT2D eigenvalue weighted by Crippen LogP contribution is 2.33. The first-order valence-corrected chi connectivity index (χ1v) is 8.22. The molecule has 21 heavy (non-hydrogen) atoms. The van der Waals surface area contributed by atoms with E-state index in [1.54, 1.807) is 0 Å². The standard InChI is InChI=1S/C18H21NOS/c1-13-4-3-5-14(2)18(13)21-16-8-6-15(7-9-16)17-12-19-10-11-20-17/h3-9,17,19H,10-12H2,1-2H3. The Hall–Kier alpha value is -1.29. The van der Waals surface area contributed by atoms with E-state index >= 15 is 0 Å². The van der Waals surface area contributed by atoms with Gasteiger partial charge in [0.15, 0.2) is 0 Å². The summed E-state index contributed by atoms with van der Waals surface area (Å²) in [6, 6.07) is 15.2. The molecule has 0 aromatic heterocycles. The number of nitrogens with one attached hydrogen (secondary N) is 1. The predicted molar refractivity (Wildman–Crippen MR) is 88.0 cm³/mol. The van der Waals surface area contributed by atoms with Crippen LogP contribution in [0.3, 0.4) is 0 Å². The van der Waals surface area contributed by atoms with Crippen LogP contribution in [0.4, 0.5) is 0 Å². The van der Waals surface area contributed by atoms with Gasteiger partial charge in [-0.2, -0.15) is 0 Å². The Labute approximate surface area is 130 Å². The van der Waals surface area contributed by atoms with Crippen molar-refractivity contribution in [3.8, 4) is 0 Å². The number of aryl methyl sites for hydroxylation is 2. The van der Waals surface area contributed by atoms with Crippen molar-refractivity contribution < 1.29 is 4.74 Å². The first-order chi connectivity index (χ1) is 10.2. The summed E-state index contributed by atoms with van der Waals surface area (Å²) in [7, 11) is 0. The quantitative estimate of drug-likeness (QED) is 0.921. The molecule has 1 N–H and O–H groups in total. The normalized spacial score (nSPS) is 18.7. The Morgan fingerprint density at radius 2 is 1.76 bits per heavy atom. The smallest absolute Gasteiger partial charge is 0.0949 e. The molecule has 0 spiro atoms. The molecule has 0 aliphatic carbocycles. The molecular weight excluding hydrogens is 278 g/mol. The van der Waals surface area contributed by atoms with Gasteiger partial charge in [0.2, 0.25) is 0 Å². The van der Waals surface area contributed by atoms with Crippen molar-refractivity contribution in [1.29, 1.82) is 0 Å². The summed E-state index contributed by atoms with van der Waals surface area (Å²) in [5.74, 6) is 0. The summed E-state index contributed by atoms with van der Waals surface area (Å²) in [5, 5.41) is 3.37. The molecule has 1 saturated heterocycles. The van der Waals surface area contributed by atoms with Crippen LogP contribution >= 0.6 is 11.8 Å². The van der Waals surface area contributed by atoms with Crippen LogP contribution in [0.25, 0.3) is 0 Å². The number of benzene rings is 2. The van der Waals surface area contributed by atoms with Crippen molar-refractivity contribution in [2.75, 3.05) is 19.7 Å². The van der Waals surface area contributed by atoms with E-state index in [-0.39, 0.29) is 6.10 Å². The zero-order valence-corrected chi connectivity index (χ0v) is 13.4. The summed E-state index contributed by atoms with van der Waals surface area (Å²) in [6.45, 7) is 7.00. The summed E-state index contributed by atoms with van der Waals surface area (Å²) in [5.41, 5.74) is 3.93. The van der Waals surface area contributed by atoms with Gasteiger partial charge in [-0.15, -0.1) is 0 Å². The van der Waals surface area contributed by atoms with Crippen LogP contribution in [0, 0.1) is 13.8 Å². The van der Waals surface area contributed by atoms with E-state index in [1.165, 1.54) is 26.5 Å². The number of hydrogen-bond donors (Lipinski definition) is 1. The molecule has 0 amide bonds. The molecule has 2 aromatic rings. The van der Waals surface area contributed by atoms with Crippen molar-refractivity contribution >= 4 is 11.8 Å². The van der Waals surface area contributed by atoms with E-state index in [0.29, 0.717) is 0 Å². The number of morpholine rings is 1. The van der Waals surface area contributed by atoms with Gasteiger partial charge in [-0.25, -0.2) is 0 Å². The second-order valence-corrected chi connectivity index (χ2v) is 6.54. The van der Waals surface area contributed by atoms with Gasteiger partial charge in [0.1, 0.15) is 0 Å².